The van der Waals surface area contributed by atoms with Crippen LogP contribution in [0, 0.1) is 0 Å². The third-order valence-electron chi connectivity index (χ3n) is 3.27. The first-order valence-corrected chi connectivity index (χ1v) is 7.67. The van der Waals surface area contributed by atoms with Gasteiger partial charge < -0.3 is 15.2 Å². The van der Waals surface area contributed by atoms with Gasteiger partial charge in [0.2, 0.25) is 5.91 Å². The fourth-order valence-electron chi connectivity index (χ4n) is 2.14. The van der Waals surface area contributed by atoms with Gasteiger partial charge in [0.1, 0.15) is 11.5 Å². The van der Waals surface area contributed by atoms with Gasteiger partial charge in [-0.3, -0.25) is 4.79 Å². The van der Waals surface area contributed by atoms with Crippen molar-refractivity contribution in [3.8, 4) is 11.5 Å². The Morgan fingerprint density at radius 3 is 2.83 bits per heavy atom. The predicted octanol–water partition coefficient (Wildman–Crippen LogP) is 3.83. The van der Waals surface area contributed by atoms with Crippen LogP contribution in [0.4, 0.5) is 5.69 Å². The summed E-state index contributed by atoms with van der Waals surface area (Å²) in [5.74, 6) is 0.923. The minimum Gasteiger partial charge on any atom is -0.508 e. The van der Waals surface area contributed by atoms with Crippen LogP contribution in [0.5, 0.6) is 11.5 Å². The standard InChI is InChI=1S/C18H18ClNO3/c1-23-17-5-3-2-4-14(17)7-9-18(22)20-16-12-15(21)8-6-13(16)10-11-19/h2-9,12,21H,10-11H2,1H3,(H,20,22)/b9-7+. The van der Waals surface area contributed by atoms with Gasteiger partial charge in [-0.25, -0.2) is 0 Å². The number of halogens is 1. The van der Waals surface area contributed by atoms with Crippen molar-refractivity contribution in [1.29, 1.82) is 0 Å². The number of benzene rings is 2. The van der Waals surface area contributed by atoms with Crippen molar-refractivity contribution in [2.75, 3.05) is 18.3 Å². The molecule has 0 saturated carbocycles. The van der Waals surface area contributed by atoms with Crippen LogP contribution in [0.25, 0.3) is 6.08 Å². The zero-order valence-corrected chi connectivity index (χ0v) is 13.5. The molecule has 2 aromatic carbocycles. The van der Waals surface area contributed by atoms with Crippen LogP contribution in [-0.2, 0) is 11.2 Å². The van der Waals surface area contributed by atoms with Crippen molar-refractivity contribution < 1.29 is 14.6 Å². The number of anilines is 1. The van der Waals surface area contributed by atoms with Crippen LogP contribution in [0.3, 0.4) is 0 Å². The highest BCUT2D eigenvalue weighted by Crippen LogP contribution is 2.23. The number of alkyl halides is 1. The van der Waals surface area contributed by atoms with Gasteiger partial charge in [-0.2, -0.15) is 0 Å². The summed E-state index contributed by atoms with van der Waals surface area (Å²) in [6.07, 6.45) is 3.71. The molecular formula is C18H18ClNO3. The second kappa shape index (κ2) is 8.25. The Labute approximate surface area is 140 Å². The number of phenols is 1. The maximum atomic E-state index is 12.1. The monoisotopic (exact) mass is 331 g/mol. The topological polar surface area (TPSA) is 58.6 Å². The van der Waals surface area contributed by atoms with E-state index in [1.54, 1.807) is 25.3 Å². The first-order valence-electron chi connectivity index (χ1n) is 7.14. The Bertz CT molecular complexity index is 713. The molecule has 120 valence electrons. The molecule has 4 nitrogen and oxygen atoms in total. The van der Waals surface area contributed by atoms with Crippen molar-refractivity contribution >= 4 is 29.3 Å². The summed E-state index contributed by atoms with van der Waals surface area (Å²) in [5.41, 5.74) is 2.24. The molecule has 5 heteroatoms. The molecule has 0 aliphatic rings. The smallest absolute Gasteiger partial charge is 0.248 e. The minimum atomic E-state index is -0.294. The number of amides is 1. The molecule has 0 radical (unpaired) electrons. The number of methoxy groups -OCH3 is 1. The number of aromatic hydroxyl groups is 1. The number of carbonyl (C=O) groups excluding carboxylic acids is 1. The second-order valence-corrected chi connectivity index (χ2v) is 5.22. The van der Waals surface area contributed by atoms with Crippen LogP contribution < -0.4 is 10.1 Å². The minimum absolute atomic E-state index is 0.0901. The summed E-state index contributed by atoms with van der Waals surface area (Å²) in [4.78, 5) is 12.1. The van der Waals surface area contributed by atoms with Gasteiger partial charge in [0, 0.05) is 29.3 Å². The summed E-state index contributed by atoms with van der Waals surface area (Å²) < 4.78 is 5.23. The maximum absolute atomic E-state index is 12.1. The lowest BCUT2D eigenvalue weighted by Gasteiger charge is -2.09. The molecule has 0 spiro atoms. The van der Waals surface area contributed by atoms with E-state index in [4.69, 9.17) is 16.3 Å². The number of aryl methyl sites for hydroxylation is 1. The Kier molecular flexibility index (Phi) is 6.06. The average Bonchev–Trinajstić information content (AvgIpc) is 2.56. The lowest BCUT2D eigenvalue weighted by molar-refractivity contribution is -0.111. The van der Waals surface area contributed by atoms with Crippen molar-refractivity contribution in [3.05, 3.63) is 59.7 Å². The van der Waals surface area contributed by atoms with Crippen molar-refractivity contribution in [2.45, 2.75) is 6.42 Å². The lowest BCUT2D eigenvalue weighted by atomic mass is 10.1. The number of hydrogen-bond donors (Lipinski definition) is 2. The highest BCUT2D eigenvalue weighted by Gasteiger charge is 2.06. The molecule has 0 bridgehead atoms. The highest BCUT2D eigenvalue weighted by molar-refractivity contribution is 6.18. The number of carbonyl (C=O) groups is 1. The van der Waals surface area contributed by atoms with Crippen molar-refractivity contribution in [1.82, 2.24) is 0 Å². The zero-order chi connectivity index (χ0) is 16.7. The molecule has 0 fully saturated rings. The van der Waals surface area contributed by atoms with Crippen molar-refractivity contribution in [3.63, 3.8) is 0 Å². The average molecular weight is 332 g/mol. The summed E-state index contributed by atoms with van der Waals surface area (Å²) in [5, 5.41) is 12.3. The number of nitrogens with one attached hydrogen (secondary N) is 1. The molecule has 0 unspecified atom stereocenters. The number of hydrogen-bond acceptors (Lipinski definition) is 3. The zero-order valence-electron chi connectivity index (χ0n) is 12.8. The second-order valence-electron chi connectivity index (χ2n) is 4.84. The van der Waals surface area contributed by atoms with E-state index in [-0.39, 0.29) is 11.7 Å². The molecular weight excluding hydrogens is 314 g/mol. The van der Waals surface area contributed by atoms with E-state index in [0.717, 1.165) is 11.1 Å². The number of para-hydroxylation sites is 1. The largest absolute Gasteiger partial charge is 0.508 e. The van der Waals surface area contributed by atoms with E-state index in [1.807, 2.05) is 24.3 Å². The lowest BCUT2D eigenvalue weighted by Crippen LogP contribution is -2.10. The van der Waals surface area contributed by atoms with E-state index in [0.29, 0.717) is 23.7 Å². The first kappa shape index (κ1) is 16.9. The molecule has 2 N–H and O–H groups in total. The third kappa shape index (κ3) is 4.76. The Morgan fingerprint density at radius 1 is 1.30 bits per heavy atom. The Hall–Kier alpha value is -2.46. The molecule has 0 atom stereocenters. The Morgan fingerprint density at radius 2 is 2.09 bits per heavy atom. The molecule has 2 rings (SSSR count). The summed E-state index contributed by atoms with van der Waals surface area (Å²) in [6, 6.07) is 12.2. The predicted molar refractivity (Wildman–Crippen MR) is 93.2 cm³/mol. The molecule has 0 heterocycles. The summed E-state index contributed by atoms with van der Waals surface area (Å²) in [6.45, 7) is 0. The summed E-state index contributed by atoms with van der Waals surface area (Å²) in [7, 11) is 1.58. The van der Waals surface area contributed by atoms with Gasteiger partial charge in [-0.05, 0) is 30.2 Å². The highest BCUT2D eigenvalue weighted by atomic mass is 35.5. The van der Waals surface area contributed by atoms with Gasteiger partial charge >= 0.3 is 0 Å². The molecule has 0 aliphatic carbocycles. The van der Waals surface area contributed by atoms with Gasteiger partial charge in [-0.15, -0.1) is 11.6 Å². The molecule has 0 aromatic heterocycles. The van der Waals surface area contributed by atoms with Gasteiger partial charge in [0.25, 0.3) is 0 Å². The van der Waals surface area contributed by atoms with Crippen LogP contribution >= 0.6 is 11.6 Å². The molecule has 1 amide bonds. The SMILES string of the molecule is COc1ccccc1/C=C/C(=O)Nc1cc(O)ccc1CCCl. The first-order chi connectivity index (χ1) is 11.1. The van der Waals surface area contributed by atoms with Crippen LogP contribution in [0.15, 0.2) is 48.5 Å². The van der Waals surface area contributed by atoms with Crippen molar-refractivity contribution in [2.24, 2.45) is 0 Å². The van der Waals surface area contributed by atoms with E-state index in [9.17, 15) is 9.90 Å². The number of ether oxygens (including phenoxy) is 1. The summed E-state index contributed by atoms with van der Waals surface area (Å²) >= 11 is 5.76. The van der Waals surface area contributed by atoms with Gasteiger partial charge in [-0.1, -0.05) is 24.3 Å². The molecule has 0 saturated heterocycles. The molecule has 0 aliphatic heterocycles. The van der Waals surface area contributed by atoms with Gasteiger partial charge in [0.15, 0.2) is 0 Å². The molecule has 2 aromatic rings. The van der Waals surface area contributed by atoms with E-state index >= 15 is 0 Å². The van der Waals surface area contributed by atoms with Crippen LogP contribution in [0.1, 0.15) is 11.1 Å². The maximum Gasteiger partial charge on any atom is 0.248 e. The third-order valence-corrected chi connectivity index (χ3v) is 3.46. The van der Waals surface area contributed by atoms with E-state index in [1.165, 1.54) is 12.1 Å². The number of phenolic OH excluding ortho intramolecular Hbond substituents is 1. The Balaban J connectivity index is 2.13. The molecule has 23 heavy (non-hydrogen) atoms. The number of rotatable bonds is 6. The normalized spacial score (nSPS) is 10.7. The fourth-order valence-corrected chi connectivity index (χ4v) is 2.35. The quantitative estimate of drug-likeness (QED) is 0.624. The fraction of sp³-hybridized carbons (Fsp3) is 0.167. The van der Waals surface area contributed by atoms with E-state index in [2.05, 4.69) is 5.32 Å². The van der Waals surface area contributed by atoms with Crippen LogP contribution in [0.2, 0.25) is 0 Å². The van der Waals surface area contributed by atoms with E-state index < -0.39 is 0 Å². The van der Waals surface area contributed by atoms with Crippen LogP contribution in [-0.4, -0.2) is 24.0 Å². The van der Waals surface area contributed by atoms with Gasteiger partial charge in [0.05, 0.1) is 7.11 Å².